The van der Waals surface area contributed by atoms with Gasteiger partial charge in [0.05, 0.1) is 0 Å². The number of carbonyl (C=O) groups is 2. The minimum atomic E-state index is -0.379. The molecule has 1 amide bonds. The van der Waals surface area contributed by atoms with E-state index in [1.54, 1.807) is 0 Å². The zero-order valence-electron chi connectivity index (χ0n) is 13.1. The van der Waals surface area contributed by atoms with Gasteiger partial charge in [-0.3, -0.25) is 9.59 Å². The predicted molar refractivity (Wildman–Crippen MR) is 80.7 cm³/mol. The molecule has 0 aliphatic carbocycles. The van der Waals surface area contributed by atoms with Crippen LogP contribution < -0.4 is 5.32 Å². The third kappa shape index (κ3) is 5.63. The second-order valence-electron chi connectivity index (χ2n) is 5.91. The van der Waals surface area contributed by atoms with Crippen molar-refractivity contribution in [2.45, 2.75) is 32.2 Å². The van der Waals surface area contributed by atoms with Crippen molar-refractivity contribution in [3.05, 3.63) is 35.6 Å². The normalized spacial score (nSPS) is 11.5. The van der Waals surface area contributed by atoms with Gasteiger partial charge in [-0.25, -0.2) is 4.39 Å². The van der Waals surface area contributed by atoms with E-state index < -0.39 is 0 Å². The summed E-state index contributed by atoms with van der Waals surface area (Å²) in [4.78, 5) is 25.6. The van der Waals surface area contributed by atoms with E-state index in [1.807, 2.05) is 32.8 Å². The Bertz CT molecular complexity index is 496. The molecule has 116 valence electrons. The van der Waals surface area contributed by atoms with Crippen LogP contribution in [0.4, 0.5) is 4.39 Å². The smallest absolute Gasteiger partial charge is 0.220 e. The molecule has 21 heavy (non-hydrogen) atoms. The van der Waals surface area contributed by atoms with Gasteiger partial charge in [-0.1, -0.05) is 0 Å². The van der Waals surface area contributed by atoms with Crippen molar-refractivity contribution in [2.24, 2.45) is 0 Å². The zero-order valence-corrected chi connectivity index (χ0v) is 13.1. The topological polar surface area (TPSA) is 49.4 Å². The summed E-state index contributed by atoms with van der Waals surface area (Å²) in [5, 5.41) is 2.83. The number of halogens is 1. The second kappa shape index (κ2) is 7.31. The Hall–Kier alpha value is -1.75. The van der Waals surface area contributed by atoms with Crippen molar-refractivity contribution in [1.82, 2.24) is 10.2 Å². The quantitative estimate of drug-likeness (QED) is 0.785. The Morgan fingerprint density at radius 1 is 1.14 bits per heavy atom. The Morgan fingerprint density at radius 2 is 1.71 bits per heavy atom. The lowest BCUT2D eigenvalue weighted by atomic mass is 10.0. The van der Waals surface area contributed by atoms with Crippen molar-refractivity contribution >= 4 is 11.7 Å². The maximum Gasteiger partial charge on any atom is 0.220 e. The summed E-state index contributed by atoms with van der Waals surface area (Å²) in [5.74, 6) is -0.687. The Balaban J connectivity index is 2.39. The van der Waals surface area contributed by atoms with Crippen molar-refractivity contribution in [2.75, 3.05) is 20.6 Å². The van der Waals surface area contributed by atoms with Gasteiger partial charge < -0.3 is 10.2 Å². The number of Topliss-reactive ketones (excluding diaryl/α,β-unsaturated/α-hetero) is 1. The number of hydrogen-bond donors (Lipinski definition) is 1. The molecule has 1 rings (SSSR count). The molecule has 0 fully saturated rings. The zero-order chi connectivity index (χ0) is 16.0. The van der Waals surface area contributed by atoms with Crippen LogP contribution >= 0.6 is 0 Å². The molecular formula is C16H23FN2O2. The SMILES string of the molecule is CN(C)C(C)(C)CNC(=O)CCC(=O)c1ccc(F)cc1. The molecule has 0 bridgehead atoms. The average molecular weight is 294 g/mol. The van der Waals surface area contributed by atoms with Crippen LogP contribution in [0, 0.1) is 5.82 Å². The van der Waals surface area contributed by atoms with Crippen LogP contribution in [0.15, 0.2) is 24.3 Å². The van der Waals surface area contributed by atoms with Gasteiger partial charge in [-0.2, -0.15) is 0 Å². The summed E-state index contributed by atoms with van der Waals surface area (Å²) in [6, 6.07) is 5.36. The van der Waals surface area contributed by atoms with Crippen LogP contribution in [-0.4, -0.2) is 42.8 Å². The van der Waals surface area contributed by atoms with Gasteiger partial charge in [-0.15, -0.1) is 0 Å². The van der Waals surface area contributed by atoms with Crippen molar-refractivity contribution in [3.63, 3.8) is 0 Å². The molecular weight excluding hydrogens is 271 g/mol. The third-order valence-electron chi connectivity index (χ3n) is 3.67. The summed E-state index contributed by atoms with van der Waals surface area (Å²) < 4.78 is 12.8. The van der Waals surface area contributed by atoms with Crippen LogP contribution in [0.2, 0.25) is 0 Å². The second-order valence-corrected chi connectivity index (χ2v) is 5.91. The van der Waals surface area contributed by atoms with Crippen molar-refractivity contribution in [1.29, 1.82) is 0 Å². The van der Waals surface area contributed by atoms with E-state index in [0.717, 1.165) is 0 Å². The molecule has 0 saturated carbocycles. The van der Waals surface area contributed by atoms with Gasteiger partial charge in [0.2, 0.25) is 5.91 Å². The Kier molecular flexibility index (Phi) is 6.03. The highest BCUT2D eigenvalue weighted by atomic mass is 19.1. The van der Waals surface area contributed by atoms with Crippen LogP contribution in [0.5, 0.6) is 0 Å². The lowest BCUT2D eigenvalue weighted by Gasteiger charge is -2.32. The minimum absolute atomic E-state index is 0.125. The minimum Gasteiger partial charge on any atom is -0.354 e. The molecule has 0 aromatic heterocycles. The highest BCUT2D eigenvalue weighted by Crippen LogP contribution is 2.09. The van der Waals surface area contributed by atoms with E-state index in [-0.39, 0.29) is 35.9 Å². The summed E-state index contributed by atoms with van der Waals surface area (Å²) >= 11 is 0. The van der Waals surface area contributed by atoms with Gasteiger partial charge in [-0.05, 0) is 52.2 Å². The van der Waals surface area contributed by atoms with Crippen LogP contribution in [0.25, 0.3) is 0 Å². The maximum atomic E-state index is 12.8. The molecule has 1 aromatic carbocycles. The number of nitrogens with zero attached hydrogens (tertiary/aromatic N) is 1. The van der Waals surface area contributed by atoms with E-state index in [2.05, 4.69) is 5.32 Å². The molecule has 0 heterocycles. The predicted octanol–water partition coefficient (Wildman–Crippen LogP) is 2.25. The molecule has 0 unspecified atom stereocenters. The lowest BCUT2D eigenvalue weighted by molar-refractivity contribution is -0.121. The molecule has 1 aromatic rings. The highest BCUT2D eigenvalue weighted by molar-refractivity contribution is 5.97. The first-order valence-electron chi connectivity index (χ1n) is 6.95. The first-order chi connectivity index (χ1) is 9.72. The van der Waals surface area contributed by atoms with Gasteiger partial charge in [0, 0.05) is 30.5 Å². The fraction of sp³-hybridized carbons (Fsp3) is 0.500. The number of carbonyl (C=O) groups excluding carboxylic acids is 2. The standard InChI is InChI=1S/C16H23FN2O2/c1-16(2,19(3)4)11-18-15(21)10-9-14(20)12-5-7-13(17)8-6-12/h5-8H,9-11H2,1-4H3,(H,18,21). The molecule has 0 spiro atoms. The van der Waals surface area contributed by atoms with E-state index in [1.165, 1.54) is 24.3 Å². The van der Waals surface area contributed by atoms with E-state index in [9.17, 15) is 14.0 Å². The third-order valence-corrected chi connectivity index (χ3v) is 3.67. The maximum absolute atomic E-state index is 12.8. The summed E-state index contributed by atoms with van der Waals surface area (Å²) in [6.45, 7) is 4.57. The van der Waals surface area contributed by atoms with Crippen molar-refractivity contribution < 1.29 is 14.0 Å². The molecule has 0 aliphatic rings. The fourth-order valence-corrected chi connectivity index (χ4v) is 1.57. The van der Waals surface area contributed by atoms with Crippen LogP contribution in [0.3, 0.4) is 0 Å². The number of amides is 1. The summed E-state index contributed by atoms with van der Waals surface area (Å²) in [5.41, 5.74) is 0.286. The Labute approximate surface area is 125 Å². The molecule has 0 saturated heterocycles. The average Bonchev–Trinajstić information content (AvgIpc) is 2.43. The number of rotatable bonds is 7. The number of ketones is 1. The molecule has 0 radical (unpaired) electrons. The van der Waals surface area contributed by atoms with E-state index in [4.69, 9.17) is 0 Å². The first kappa shape index (κ1) is 17.3. The molecule has 5 heteroatoms. The number of nitrogens with one attached hydrogen (secondary N) is 1. The number of hydrogen-bond acceptors (Lipinski definition) is 3. The van der Waals surface area contributed by atoms with E-state index >= 15 is 0 Å². The van der Waals surface area contributed by atoms with E-state index in [0.29, 0.717) is 12.1 Å². The van der Waals surface area contributed by atoms with Gasteiger partial charge >= 0.3 is 0 Å². The molecule has 0 aliphatic heterocycles. The van der Waals surface area contributed by atoms with Crippen LogP contribution in [0.1, 0.15) is 37.0 Å². The summed E-state index contributed by atoms with van der Waals surface area (Å²) in [7, 11) is 3.90. The first-order valence-corrected chi connectivity index (χ1v) is 6.95. The van der Waals surface area contributed by atoms with Gasteiger partial charge in [0.15, 0.2) is 5.78 Å². The largest absolute Gasteiger partial charge is 0.354 e. The van der Waals surface area contributed by atoms with Gasteiger partial charge in [0.25, 0.3) is 0 Å². The molecule has 0 atom stereocenters. The fourth-order valence-electron chi connectivity index (χ4n) is 1.57. The molecule has 4 nitrogen and oxygen atoms in total. The van der Waals surface area contributed by atoms with Crippen molar-refractivity contribution in [3.8, 4) is 0 Å². The number of benzene rings is 1. The monoisotopic (exact) mass is 294 g/mol. The lowest BCUT2D eigenvalue weighted by Crippen LogP contribution is -2.48. The number of likely N-dealkylation sites (N-methyl/N-ethyl adjacent to an activating group) is 1. The Morgan fingerprint density at radius 3 is 2.24 bits per heavy atom. The highest BCUT2D eigenvalue weighted by Gasteiger charge is 2.21. The summed E-state index contributed by atoms with van der Waals surface area (Å²) in [6.07, 6.45) is 0.263. The van der Waals surface area contributed by atoms with Gasteiger partial charge in [0.1, 0.15) is 5.82 Å². The van der Waals surface area contributed by atoms with Crippen LogP contribution in [-0.2, 0) is 4.79 Å². The molecule has 1 N–H and O–H groups in total.